The number of nitrogens with zero attached hydrogens (tertiary/aromatic N) is 4. The molecule has 0 amide bonds. The summed E-state index contributed by atoms with van der Waals surface area (Å²) >= 11 is 0. The van der Waals surface area contributed by atoms with E-state index < -0.39 is 0 Å². The van der Waals surface area contributed by atoms with Crippen molar-refractivity contribution in [2.24, 2.45) is 0 Å². The summed E-state index contributed by atoms with van der Waals surface area (Å²) in [6, 6.07) is 57.1. The van der Waals surface area contributed by atoms with Crippen molar-refractivity contribution in [1.82, 2.24) is 9.13 Å². The molecule has 2 heterocycles. The van der Waals surface area contributed by atoms with Gasteiger partial charge in [-0.15, -0.1) is 0 Å². The lowest BCUT2D eigenvalue weighted by atomic mass is 9.96. The first-order chi connectivity index (χ1) is 24.6. The Morgan fingerprint density at radius 1 is 0.460 bits per heavy atom. The first-order valence-electron chi connectivity index (χ1n) is 16.6. The Labute approximate surface area is 289 Å². The molecule has 0 atom stereocenters. The van der Waals surface area contributed by atoms with Crippen LogP contribution in [0.3, 0.4) is 0 Å². The summed E-state index contributed by atoms with van der Waals surface area (Å²) in [6.45, 7) is 0. The van der Waals surface area contributed by atoms with Crippen LogP contribution in [0, 0.1) is 22.7 Å². The highest BCUT2D eigenvalue weighted by Crippen LogP contribution is 2.39. The number of nitrogens with one attached hydrogen (secondary N) is 1. The van der Waals surface area contributed by atoms with E-state index in [9.17, 15) is 10.5 Å². The van der Waals surface area contributed by atoms with Crippen LogP contribution in [0.1, 0.15) is 11.1 Å². The van der Waals surface area contributed by atoms with Crippen molar-refractivity contribution < 1.29 is 0 Å². The van der Waals surface area contributed by atoms with Crippen LogP contribution in [-0.4, -0.2) is 16.2 Å². The van der Waals surface area contributed by atoms with Gasteiger partial charge in [-0.1, -0.05) is 66.7 Å². The van der Waals surface area contributed by atoms with Gasteiger partial charge in [0.25, 0.3) is 0 Å². The van der Waals surface area contributed by atoms with Gasteiger partial charge < -0.3 is 14.5 Å². The minimum Gasteiger partial charge on any atom is -0.388 e. The summed E-state index contributed by atoms with van der Waals surface area (Å²) in [4.78, 5) is 0. The highest BCUT2D eigenvalue weighted by atomic mass is 15.0. The van der Waals surface area contributed by atoms with E-state index >= 15 is 0 Å². The number of para-hydroxylation sites is 2. The smallest absolute Gasteiger partial charge is 0.0991 e. The average Bonchev–Trinajstić information content (AvgIpc) is 3.69. The largest absolute Gasteiger partial charge is 0.388 e. The number of benzene rings is 7. The minimum absolute atomic E-state index is 0.592. The number of aromatic nitrogens is 2. The zero-order chi connectivity index (χ0) is 33.8. The molecule has 0 bridgehead atoms. The molecule has 0 aliphatic carbocycles. The predicted molar refractivity (Wildman–Crippen MR) is 205 cm³/mol. The number of hydrogen-bond acceptors (Lipinski definition) is 3. The van der Waals surface area contributed by atoms with E-state index in [2.05, 4.69) is 142 Å². The van der Waals surface area contributed by atoms with Crippen LogP contribution in [0.5, 0.6) is 0 Å². The zero-order valence-corrected chi connectivity index (χ0v) is 27.2. The molecule has 7 aromatic carbocycles. The fourth-order valence-corrected chi connectivity index (χ4v) is 7.41. The molecule has 0 spiro atoms. The lowest BCUT2D eigenvalue weighted by Gasteiger charge is -2.16. The molecule has 234 valence electrons. The quantitative estimate of drug-likeness (QED) is 0.204. The van der Waals surface area contributed by atoms with Gasteiger partial charge in [-0.2, -0.15) is 10.5 Å². The van der Waals surface area contributed by atoms with Crippen LogP contribution in [0.25, 0.3) is 77.2 Å². The lowest BCUT2D eigenvalue weighted by molar-refractivity contribution is 1.18. The maximum atomic E-state index is 9.96. The van der Waals surface area contributed by atoms with Crippen molar-refractivity contribution in [3.8, 4) is 45.8 Å². The molecule has 5 nitrogen and oxygen atoms in total. The Morgan fingerprint density at radius 2 is 1.06 bits per heavy atom. The number of anilines is 1. The number of rotatable bonds is 5. The highest BCUT2D eigenvalue weighted by Gasteiger charge is 2.18. The Kier molecular flexibility index (Phi) is 6.73. The van der Waals surface area contributed by atoms with Gasteiger partial charge in [0.15, 0.2) is 0 Å². The van der Waals surface area contributed by atoms with Crippen molar-refractivity contribution in [3.05, 3.63) is 163 Å². The Bertz CT molecular complexity index is 2820. The normalized spacial score (nSPS) is 11.3. The fraction of sp³-hybridized carbons (Fsp3) is 0.0222. The van der Waals surface area contributed by atoms with Crippen LogP contribution < -0.4 is 5.32 Å². The van der Waals surface area contributed by atoms with E-state index in [0.29, 0.717) is 11.1 Å². The lowest BCUT2D eigenvalue weighted by Crippen LogP contribution is -1.98. The molecular weight excluding hydrogens is 611 g/mol. The van der Waals surface area contributed by atoms with Gasteiger partial charge in [0, 0.05) is 45.5 Å². The summed E-state index contributed by atoms with van der Waals surface area (Å²) in [5.41, 5.74) is 12.8. The van der Waals surface area contributed by atoms with Gasteiger partial charge in [0.1, 0.15) is 0 Å². The highest BCUT2D eigenvalue weighted by molar-refractivity contribution is 6.11. The molecule has 0 radical (unpaired) electrons. The van der Waals surface area contributed by atoms with Gasteiger partial charge in [-0.05, 0) is 102 Å². The molecule has 9 aromatic rings. The number of hydrogen-bond donors (Lipinski definition) is 1. The van der Waals surface area contributed by atoms with E-state index in [0.717, 1.165) is 61.1 Å². The van der Waals surface area contributed by atoms with Gasteiger partial charge in [-0.25, -0.2) is 0 Å². The number of fused-ring (bicyclic) bond motifs is 6. The summed E-state index contributed by atoms with van der Waals surface area (Å²) in [5.74, 6) is 0. The fourth-order valence-electron chi connectivity index (χ4n) is 7.41. The van der Waals surface area contributed by atoms with Crippen LogP contribution in [0.2, 0.25) is 0 Å². The first kappa shape index (κ1) is 29.1. The third kappa shape index (κ3) is 4.53. The standard InChI is InChI=1S/C45H29N5/c1-48-34-17-22-45-40(26-34)39-24-30(28-47)14-21-44(39)50(45)43-20-13-29(27-46)23-38(43)33-8-6-7-32(25-33)31-15-18-35(19-16-31)49-41-11-4-2-9-36(41)37-10-3-5-12-42(37)49/h2-26,48H,1H3. The van der Waals surface area contributed by atoms with Crippen molar-refractivity contribution >= 4 is 49.3 Å². The van der Waals surface area contributed by atoms with Gasteiger partial charge >= 0.3 is 0 Å². The maximum Gasteiger partial charge on any atom is 0.0991 e. The van der Waals surface area contributed by atoms with E-state index in [1.54, 1.807) is 0 Å². The Hall–Kier alpha value is -7.08. The van der Waals surface area contributed by atoms with Crippen LogP contribution in [-0.2, 0) is 0 Å². The first-order valence-corrected chi connectivity index (χ1v) is 16.6. The Morgan fingerprint density at radius 3 is 1.76 bits per heavy atom. The molecule has 0 fully saturated rings. The average molecular weight is 640 g/mol. The van der Waals surface area contributed by atoms with Crippen LogP contribution in [0.15, 0.2) is 152 Å². The number of nitriles is 2. The molecule has 5 heteroatoms. The molecule has 50 heavy (non-hydrogen) atoms. The van der Waals surface area contributed by atoms with Crippen molar-refractivity contribution in [3.63, 3.8) is 0 Å². The van der Waals surface area contributed by atoms with Gasteiger partial charge in [0.2, 0.25) is 0 Å². The molecule has 0 unspecified atom stereocenters. The second kappa shape index (κ2) is 11.6. The third-order valence-electron chi connectivity index (χ3n) is 9.76. The molecule has 0 saturated heterocycles. The molecule has 0 saturated carbocycles. The third-order valence-corrected chi connectivity index (χ3v) is 9.76. The molecule has 2 aromatic heterocycles. The van der Waals surface area contributed by atoms with E-state index in [1.165, 1.54) is 21.8 Å². The van der Waals surface area contributed by atoms with E-state index in [1.807, 2.05) is 43.4 Å². The monoisotopic (exact) mass is 639 g/mol. The van der Waals surface area contributed by atoms with Gasteiger partial charge in [-0.3, -0.25) is 0 Å². The maximum absolute atomic E-state index is 9.96. The molecule has 0 aliphatic rings. The molecule has 1 N–H and O–H groups in total. The summed E-state index contributed by atoms with van der Waals surface area (Å²) in [6.07, 6.45) is 0. The second-order valence-electron chi connectivity index (χ2n) is 12.5. The van der Waals surface area contributed by atoms with Crippen molar-refractivity contribution in [1.29, 1.82) is 10.5 Å². The van der Waals surface area contributed by atoms with Crippen molar-refractivity contribution in [2.45, 2.75) is 0 Å². The van der Waals surface area contributed by atoms with E-state index in [4.69, 9.17) is 0 Å². The minimum atomic E-state index is 0.592. The zero-order valence-electron chi connectivity index (χ0n) is 27.2. The SMILES string of the molecule is CNc1ccc2c(c1)c1cc(C#N)ccc1n2-c1ccc(C#N)cc1-c1cccc(-c2ccc(-n3c4ccccc4c4ccccc43)cc2)c1. The predicted octanol–water partition coefficient (Wildman–Crippen LogP) is 11.0. The summed E-state index contributed by atoms with van der Waals surface area (Å²) in [7, 11) is 1.91. The molecular formula is C45H29N5. The van der Waals surface area contributed by atoms with Crippen LogP contribution in [0.4, 0.5) is 5.69 Å². The summed E-state index contributed by atoms with van der Waals surface area (Å²) < 4.78 is 4.57. The molecule has 9 rings (SSSR count). The van der Waals surface area contributed by atoms with Crippen LogP contribution >= 0.6 is 0 Å². The Balaban J connectivity index is 1.18. The van der Waals surface area contributed by atoms with Gasteiger partial charge in [0.05, 0.1) is 51.0 Å². The second-order valence-corrected chi connectivity index (χ2v) is 12.5. The summed E-state index contributed by atoms with van der Waals surface area (Å²) in [5, 5.41) is 27.5. The molecule has 0 aliphatic heterocycles. The van der Waals surface area contributed by atoms with E-state index in [-0.39, 0.29) is 0 Å². The topological polar surface area (TPSA) is 69.5 Å². The van der Waals surface area contributed by atoms with Crippen molar-refractivity contribution in [2.75, 3.05) is 12.4 Å².